The highest BCUT2D eigenvalue weighted by Gasteiger charge is 2.11. The lowest BCUT2D eigenvalue weighted by Crippen LogP contribution is -3.00. The summed E-state index contributed by atoms with van der Waals surface area (Å²) in [5.41, 5.74) is 0. The van der Waals surface area contributed by atoms with E-state index in [1.165, 1.54) is 4.68 Å². The number of hydrogen-bond acceptors (Lipinski definition) is 2. The molecule has 1 heterocycles. The second kappa shape index (κ2) is 5.37. The molecule has 0 atom stereocenters. The molecule has 0 fully saturated rings. The van der Waals surface area contributed by atoms with Crippen LogP contribution in [0.15, 0.2) is 24.5 Å². The number of hydrogen-bond donors (Lipinski definition) is 0. The van der Waals surface area contributed by atoms with Crippen LogP contribution in [0.3, 0.4) is 0 Å². The van der Waals surface area contributed by atoms with Gasteiger partial charge >= 0.3 is 5.91 Å². The number of rotatable bonds is 1. The van der Waals surface area contributed by atoms with Gasteiger partial charge in [-0.05, 0) is 10.7 Å². The summed E-state index contributed by atoms with van der Waals surface area (Å²) in [6.07, 6.45) is 3.18. The van der Waals surface area contributed by atoms with Crippen LogP contribution in [0.5, 0.6) is 0 Å². The third kappa shape index (κ3) is 3.07. The molecule has 5 heteroatoms. The molecule has 0 spiro atoms. The third-order valence-electron chi connectivity index (χ3n) is 0.985. The Kier molecular flexibility index (Phi) is 5.23. The molecule has 0 aliphatic carbocycles. The quantitative estimate of drug-likeness (QED) is 0.418. The van der Waals surface area contributed by atoms with Crippen molar-refractivity contribution in [1.82, 2.24) is 5.10 Å². The number of alkyl halides is 1. The molecular weight excluding hydrogens is 276 g/mol. The molecule has 0 radical (unpaired) electrons. The number of nitrogens with zero attached hydrogens (tertiary/aromatic N) is 2. The first-order valence-corrected chi connectivity index (χ1v) is 3.89. The highest BCUT2D eigenvalue weighted by molar-refractivity contribution is 9.09. The Bertz CT molecular complexity index is 227. The number of aromatic nitrogens is 2. The fourth-order valence-electron chi connectivity index (χ4n) is 0.538. The van der Waals surface area contributed by atoms with Gasteiger partial charge in [0.2, 0.25) is 6.20 Å². The van der Waals surface area contributed by atoms with Crippen LogP contribution < -0.4 is 21.7 Å². The lowest BCUT2D eigenvalue weighted by Gasteiger charge is -1.83. The van der Waals surface area contributed by atoms with Crippen LogP contribution in [-0.4, -0.2) is 16.3 Å². The van der Waals surface area contributed by atoms with Crippen LogP contribution in [0, 0.1) is 0 Å². The SMILES string of the molecule is O=C(CBr)[n+]1ccccn1.[Br-]. The Morgan fingerprint density at radius 3 is 2.73 bits per heavy atom. The Morgan fingerprint density at radius 1 is 1.55 bits per heavy atom. The lowest BCUT2D eigenvalue weighted by molar-refractivity contribution is -0.636. The summed E-state index contributed by atoms with van der Waals surface area (Å²) < 4.78 is 1.29. The Hall–Kier alpha value is -0.290. The van der Waals surface area contributed by atoms with Gasteiger partial charge in [0.1, 0.15) is 5.33 Å². The fourth-order valence-corrected chi connectivity index (χ4v) is 0.795. The van der Waals surface area contributed by atoms with Crippen LogP contribution in [-0.2, 0) is 0 Å². The van der Waals surface area contributed by atoms with E-state index in [2.05, 4.69) is 21.0 Å². The molecule has 0 aliphatic heterocycles. The second-order valence-corrected chi connectivity index (χ2v) is 2.23. The van der Waals surface area contributed by atoms with Gasteiger partial charge in [-0.25, -0.2) is 4.79 Å². The molecule has 1 aromatic rings. The van der Waals surface area contributed by atoms with Gasteiger partial charge in [-0.2, -0.15) is 0 Å². The summed E-state index contributed by atoms with van der Waals surface area (Å²) in [5, 5.41) is 4.09. The lowest BCUT2D eigenvalue weighted by atomic mass is 10.6. The van der Waals surface area contributed by atoms with E-state index in [4.69, 9.17) is 0 Å². The molecule has 0 aliphatic rings. The first-order valence-electron chi connectivity index (χ1n) is 2.76. The van der Waals surface area contributed by atoms with E-state index in [-0.39, 0.29) is 22.9 Å². The van der Waals surface area contributed by atoms with Crippen molar-refractivity contribution < 1.29 is 26.5 Å². The highest BCUT2D eigenvalue weighted by atomic mass is 79.9. The molecule has 1 aromatic heterocycles. The third-order valence-corrected chi connectivity index (χ3v) is 1.47. The Labute approximate surface area is 83.3 Å². The van der Waals surface area contributed by atoms with Gasteiger partial charge in [-0.1, -0.05) is 15.9 Å². The summed E-state index contributed by atoms with van der Waals surface area (Å²) in [4.78, 5) is 10.9. The maximum absolute atomic E-state index is 10.9. The minimum absolute atomic E-state index is 0. The molecule has 3 nitrogen and oxygen atoms in total. The molecule has 0 unspecified atom stereocenters. The number of carbonyl (C=O) groups is 1. The molecule has 60 valence electrons. The van der Waals surface area contributed by atoms with E-state index in [9.17, 15) is 4.79 Å². The predicted molar refractivity (Wildman–Crippen MR) is 38.9 cm³/mol. The molecule has 0 saturated carbocycles. The van der Waals surface area contributed by atoms with Gasteiger partial charge in [0.15, 0.2) is 0 Å². The molecule has 0 amide bonds. The van der Waals surface area contributed by atoms with Crippen molar-refractivity contribution in [2.24, 2.45) is 0 Å². The van der Waals surface area contributed by atoms with E-state index >= 15 is 0 Å². The van der Waals surface area contributed by atoms with Crippen molar-refractivity contribution in [3.8, 4) is 0 Å². The van der Waals surface area contributed by atoms with Crippen molar-refractivity contribution >= 4 is 21.8 Å². The minimum Gasteiger partial charge on any atom is -1.00 e. The van der Waals surface area contributed by atoms with Gasteiger partial charge in [0.25, 0.3) is 0 Å². The van der Waals surface area contributed by atoms with E-state index in [0.29, 0.717) is 5.33 Å². The number of halogens is 2. The van der Waals surface area contributed by atoms with Gasteiger partial charge in [0, 0.05) is 11.2 Å². The van der Waals surface area contributed by atoms with E-state index < -0.39 is 0 Å². The van der Waals surface area contributed by atoms with Gasteiger partial charge in [0.05, 0.1) is 6.20 Å². The second-order valence-electron chi connectivity index (χ2n) is 1.67. The maximum Gasteiger partial charge on any atom is 0.427 e. The zero-order valence-corrected chi connectivity index (χ0v) is 8.75. The van der Waals surface area contributed by atoms with Crippen molar-refractivity contribution in [3.63, 3.8) is 0 Å². The summed E-state index contributed by atoms with van der Waals surface area (Å²) >= 11 is 3.04. The molecule has 0 saturated heterocycles. The largest absolute Gasteiger partial charge is 1.00 e. The Balaban J connectivity index is 0.000001000. The zero-order chi connectivity index (χ0) is 7.40. The average Bonchev–Trinajstić information content (AvgIpc) is 2.05. The Morgan fingerprint density at radius 2 is 2.27 bits per heavy atom. The van der Waals surface area contributed by atoms with Crippen LogP contribution in [0.4, 0.5) is 0 Å². The average molecular weight is 282 g/mol. The maximum atomic E-state index is 10.9. The normalized spacial score (nSPS) is 8.45. The predicted octanol–water partition coefficient (Wildman–Crippen LogP) is -2.59. The summed E-state index contributed by atoms with van der Waals surface area (Å²) in [6, 6.07) is 3.52. The highest BCUT2D eigenvalue weighted by Crippen LogP contribution is 1.78. The topological polar surface area (TPSA) is 33.8 Å². The molecular formula is C6H6Br2N2O. The van der Waals surface area contributed by atoms with Crippen LogP contribution >= 0.6 is 15.9 Å². The molecule has 0 bridgehead atoms. The summed E-state index contributed by atoms with van der Waals surface area (Å²) in [6.45, 7) is 0. The van der Waals surface area contributed by atoms with Crippen molar-refractivity contribution in [1.29, 1.82) is 0 Å². The monoisotopic (exact) mass is 280 g/mol. The van der Waals surface area contributed by atoms with Crippen LogP contribution in [0.1, 0.15) is 4.79 Å². The smallest absolute Gasteiger partial charge is 0.427 e. The van der Waals surface area contributed by atoms with E-state index in [1.54, 1.807) is 24.5 Å². The van der Waals surface area contributed by atoms with E-state index in [0.717, 1.165) is 0 Å². The first-order chi connectivity index (χ1) is 4.84. The van der Waals surface area contributed by atoms with Crippen molar-refractivity contribution in [3.05, 3.63) is 24.5 Å². The zero-order valence-electron chi connectivity index (χ0n) is 5.58. The molecule has 11 heavy (non-hydrogen) atoms. The van der Waals surface area contributed by atoms with Crippen LogP contribution in [0.25, 0.3) is 0 Å². The van der Waals surface area contributed by atoms with Crippen LogP contribution in [0.2, 0.25) is 0 Å². The summed E-state index contributed by atoms with van der Waals surface area (Å²) in [5.74, 6) is -0.0689. The van der Waals surface area contributed by atoms with Crippen molar-refractivity contribution in [2.45, 2.75) is 0 Å². The van der Waals surface area contributed by atoms with Gasteiger partial charge < -0.3 is 17.0 Å². The van der Waals surface area contributed by atoms with Gasteiger partial charge in [-0.3, -0.25) is 0 Å². The standard InChI is InChI=1S/C6H6BrN2O.BrH/c7-5-6(10)9-4-2-1-3-8-9;/h1-4H,5H2;1H/q+1;/p-1. The number of carbonyl (C=O) groups excluding carboxylic acids is 1. The minimum atomic E-state index is -0.0689. The summed E-state index contributed by atoms with van der Waals surface area (Å²) in [7, 11) is 0. The molecule has 0 N–H and O–H groups in total. The van der Waals surface area contributed by atoms with Crippen molar-refractivity contribution in [2.75, 3.05) is 5.33 Å². The first kappa shape index (κ1) is 10.7. The fraction of sp³-hybridized carbons (Fsp3) is 0.167. The molecule has 1 rings (SSSR count). The van der Waals surface area contributed by atoms with E-state index in [1.807, 2.05) is 0 Å². The van der Waals surface area contributed by atoms with Gasteiger partial charge in [-0.15, -0.1) is 0 Å². The molecule has 0 aromatic carbocycles.